The minimum atomic E-state index is 0.408. The van der Waals surface area contributed by atoms with Crippen molar-refractivity contribution in [2.75, 3.05) is 6.54 Å². The molecule has 1 atom stereocenters. The van der Waals surface area contributed by atoms with E-state index in [0.717, 1.165) is 37.2 Å². The highest BCUT2D eigenvalue weighted by molar-refractivity contribution is 7.09. The summed E-state index contributed by atoms with van der Waals surface area (Å²) >= 11 is 1.85. The van der Waals surface area contributed by atoms with Gasteiger partial charge in [-0.1, -0.05) is 19.1 Å². The summed E-state index contributed by atoms with van der Waals surface area (Å²) in [6.45, 7) is 7.44. The maximum absolute atomic E-state index is 4.61. The second-order valence-electron chi connectivity index (χ2n) is 5.25. The lowest BCUT2D eigenvalue weighted by Gasteiger charge is -2.20. The quantitative estimate of drug-likeness (QED) is 0.815. The summed E-state index contributed by atoms with van der Waals surface area (Å²) in [6, 6.07) is 9.12. The molecular formula is C17H24N2S. The van der Waals surface area contributed by atoms with Crippen LogP contribution in [0, 0.1) is 13.8 Å². The van der Waals surface area contributed by atoms with Gasteiger partial charge in [0.1, 0.15) is 0 Å². The summed E-state index contributed by atoms with van der Waals surface area (Å²) in [7, 11) is 0. The third-order valence-corrected chi connectivity index (χ3v) is 4.48. The molecule has 2 heterocycles. The Bertz CT molecular complexity index is 520. The zero-order valence-corrected chi connectivity index (χ0v) is 13.5. The highest BCUT2D eigenvalue weighted by Crippen LogP contribution is 2.23. The zero-order valence-electron chi connectivity index (χ0n) is 12.6. The molecule has 0 spiro atoms. The molecule has 108 valence electrons. The molecule has 3 heteroatoms. The third kappa shape index (κ3) is 4.15. The molecule has 0 amide bonds. The molecule has 0 saturated heterocycles. The molecule has 1 N–H and O–H groups in total. The van der Waals surface area contributed by atoms with Crippen molar-refractivity contribution in [1.82, 2.24) is 10.3 Å². The van der Waals surface area contributed by atoms with Crippen LogP contribution in [0.1, 0.15) is 47.6 Å². The van der Waals surface area contributed by atoms with E-state index < -0.39 is 0 Å². The number of rotatable bonds is 7. The summed E-state index contributed by atoms with van der Waals surface area (Å²) in [6.07, 6.45) is 3.42. The minimum absolute atomic E-state index is 0.408. The maximum atomic E-state index is 4.61. The highest BCUT2D eigenvalue weighted by atomic mass is 32.1. The van der Waals surface area contributed by atoms with E-state index in [1.165, 1.54) is 10.4 Å². The molecule has 2 nitrogen and oxygen atoms in total. The van der Waals surface area contributed by atoms with Crippen molar-refractivity contribution in [2.45, 2.75) is 46.1 Å². The van der Waals surface area contributed by atoms with E-state index in [4.69, 9.17) is 0 Å². The molecule has 0 aromatic carbocycles. The third-order valence-electron chi connectivity index (χ3n) is 3.54. The molecule has 0 radical (unpaired) electrons. The van der Waals surface area contributed by atoms with Crippen LogP contribution in [0.15, 0.2) is 29.6 Å². The van der Waals surface area contributed by atoms with Gasteiger partial charge in [-0.05, 0) is 62.7 Å². The normalized spacial score (nSPS) is 12.6. The van der Waals surface area contributed by atoms with Gasteiger partial charge in [-0.3, -0.25) is 4.98 Å². The first-order valence-electron chi connectivity index (χ1n) is 7.40. The van der Waals surface area contributed by atoms with Gasteiger partial charge in [0.25, 0.3) is 0 Å². The fourth-order valence-corrected chi connectivity index (χ4v) is 3.22. The average molecular weight is 288 g/mol. The van der Waals surface area contributed by atoms with Crippen molar-refractivity contribution in [1.29, 1.82) is 0 Å². The lowest BCUT2D eigenvalue weighted by Crippen LogP contribution is -2.23. The van der Waals surface area contributed by atoms with Gasteiger partial charge in [0.15, 0.2) is 0 Å². The van der Waals surface area contributed by atoms with E-state index >= 15 is 0 Å². The van der Waals surface area contributed by atoms with E-state index in [-0.39, 0.29) is 0 Å². The minimum Gasteiger partial charge on any atom is -0.310 e. The summed E-state index contributed by atoms with van der Waals surface area (Å²) < 4.78 is 0. The molecule has 0 aliphatic rings. The van der Waals surface area contributed by atoms with Crippen LogP contribution in [0.4, 0.5) is 0 Å². The molecule has 0 saturated carbocycles. The van der Waals surface area contributed by atoms with Crippen LogP contribution in [-0.2, 0) is 6.42 Å². The van der Waals surface area contributed by atoms with Crippen molar-refractivity contribution in [2.24, 2.45) is 0 Å². The number of nitrogens with one attached hydrogen (secondary N) is 1. The molecule has 2 aromatic heterocycles. The molecule has 0 aliphatic heterocycles. The summed E-state index contributed by atoms with van der Waals surface area (Å²) in [5.41, 5.74) is 3.60. The van der Waals surface area contributed by atoms with Gasteiger partial charge in [0, 0.05) is 22.3 Å². The molecule has 20 heavy (non-hydrogen) atoms. The van der Waals surface area contributed by atoms with E-state index in [1.54, 1.807) is 0 Å². The number of nitrogens with zero attached hydrogens (tertiary/aromatic N) is 1. The molecule has 0 fully saturated rings. The Labute approximate surface area is 126 Å². The van der Waals surface area contributed by atoms with Crippen molar-refractivity contribution in [3.63, 3.8) is 0 Å². The van der Waals surface area contributed by atoms with Crippen LogP contribution < -0.4 is 5.32 Å². The number of thiophene rings is 1. The SMILES string of the molecule is CCCNC(CCc1cccs1)c1ccc(C)nc1C. The van der Waals surface area contributed by atoms with Crippen molar-refractivity contribution in [3.05, 3.63) is 51.5 Å². The average Bonchev–Trinajstić information content (AvgIpc) is 2.93. The van der Waals surface area contributed by atoms with Crippen LogP contribution in [-0.4, -0.2) is 11.5 Å². The fraction of sp³-hybridized carbons (Fsp3) is 0.471. The Morgan fingerprint density at radius 3 is 2.75 bits per heavy atom. The first kappa shape index (κ1) is 15.2. The van der Waals surface area contributed by atoms with Gasteiger partial charge in [0.05, 0.1) is 0 Å². The Kier molecular flexibility index (Phi) is 5.74. The van der Waals surface area contributed by atoms with Gasteiger partial charge >= 0.3 is 0 Å². The lowest BCUT2D eigenvalue weighted by molar-refractivity contribution is 0.497. The Morgan fingerprint density at radius 2 is 2.10 bits per heavy atom. The highest BCUT2D eigenvalue weighted by Gasteiger charge is 2.14. The van der Waals surface area contributed by atoms with Crippen molar-refractivity contribution >= 4 is 11.3 Å². The van der Waals surface area contributed by atoms with Gasteiger partial charge in [-0.25, -0.2) is 0 Å². The number of pyridine rings is 1. The van der Waals surface area contributed by atoms with Crippen LogP contribution in [0.2, 0.25) is 0 Å². The Morgan fingerprint density at radius 1 is 1.25 bits per heavy atom. The van der Waals surface area contributed by atoms with Gasteiger partial charge in [-0.2, -0.15) is 0 Å². The Balaban J connectivity index is 2.09. The number of aromatic nitrogens is 1. The molecule has 2 aromatic rings. The summed E-state index contributed by atoms with van der Waals surface area (Å²) in [5.74, 6) is 0. The van der Waals surface area contributed by atoms with Gasteiger partial charge in [-0.15, -0.1) is 11.3 Å². The predicted molar refractivity (Wildman–Crippen MR) is 87.4 cm³/mol. The van der Waals surface area contributed by atoms with E-state index in [0.29, 0.717) is 6.04 Å². The van der Waals surface area contributed by atoms with E-state index in [1.807, 2.05) is 11.3 Å². The van der Waals surface area contributed by atoms with Crippen LogP contribution in [0.5, 0.6) is 0 Å². The number of hydrogen-bond acceptors (Lipinski definition) is 3. The summed E-state index contributed by atoms with van der Waals surface area (Å²) in [4.78, 5) is 6.07. The lowest BCUT2D eigenvalue weighted by atomic mass is 9.99. The first-order chi connectivity index (χ1) is 9.70. The fourth-order valence-electron chi connectivity index (χ4n) is 2.49. The van der Waals surface area contributed by atoms with Crippen LogP contribution in [0.25, 0.3) is 0 Å². The number of aryl methyl sites for hydroxylation is 3. The van der Waals surface area contributed by atoms with Gasteiger partial charge in [0.2, 0.25) is 0 Å². The van der Waals surface area contributed by atoms with Crippen LogP contribution >= 0.6 is 11.3 Å². The van der Waals surface area contributed by atoms with Crippen molar-refractivity contribution in [3.8, 4) is 0 Å². The molecule has 0 bridgehead atoms. The first-order valence-corrected chi connectivity index (χ1v) is 8.28. The van der Waals surface area contributed by atoms with E-state index in [9.17, 15) is 0 Å². The largest absolute Gasteiger partial charge is 0.310 e. The predicted octanol–water partition coefficient (Wildman–Crippen LogP) is 4.43. The smallest absolute Gasteiger partial charge is 0.0423 e. The molecular weight excluding hydrogens is 264 g/mol. The number of hydrogen-bond donors (Lipinski definition) is 1. The second-order valence-corrected chi connectivity index (χ2v) is 6.28. The standard InChI is InChI=1S/C17H24N2S/c1-4-11-18-17(10-8-15-6-5-12-20-15)16-9-7-13(2)19-14(16)3/h5-7,9,12,17-18H,4,8,10-11H2,1-3H3. The topological polar surface area (TPSA) is 24.9 Å². The monoisotopic (exact) mass is 288 g/mol. The maximum Gasteiger partial charge on any atom is 0.0423 e. The Hall–Kier alpha value is -1.19. The zero-order chi connectivity index (χ0) is 14.4. The van der Waals surface area contributed by atoms with Crippen LogP contribution in [0.3, 0.4) is 0 Å². The molecule has 2 rings (SSSR count). The molecule has 1 unspecified atom stereocenters. The van der Waals surface area contributed by atoms with Crippen molar-refractivity contribution < 1.29 is 0 Å². The van der Waals surface area contributed by atoms with Gasteiger partial charge < -0.3 is 5.32 Å². The second kappa shape index (κ2) is 7.55. The molecule has 0 aliphatic carbocycles. The van der Waals surface area contributed by atoms with E-state index in [2.05, 4.69) is 60.7 Å². The summed E-state index contributed by atoms with van der Waals surface area (Å²) in [5, 5.41) is 5.83.